The lowest BCUT2D eigenvalue weighted by Crippen LogP contribution is -2.33. The number of aryl methyl sites for hydroxylation is 3. The van der Waals surface area contributed by atoms with E-state index in [0.717, 1.165) is 24.9 Å². The van der Waals surface area contributed by atoms with E-state index in [-0.39, 0.29) is 0 Å². The van der Waals surface area contributed by atoms with Crippen molar-refractivity contribution in [3.63, 3.8) is 0 Å². The number of hydrogen-bond donors (Lipinski definition) is 1. The molecule has 0 aromatic heterocycles. The second kappa shape index (κ2) is 5.90. The Kier molecular flexibility index (Phi) is 3.98. The number of aliphatic hydroxyl groups is 1. The normalized spacial score (nSPS) is 15.7. The molecule has 0 aliphatic carbocycles. The Hall–Kier alpha value is -1.80. The molecule has 21 heavy (non-hydrogen) atoms. The van der Waals surface area contributed by atoms with Gasteiger partial charge in [-0.15, -0.1) is 0 Å². The molecule has 0 spiro atoms. The summed E-state index contributed by atoms with van der Waals surface area (Å²) in [6.45, 7) is 5.90. The lowest BCUT2D eigenvalue weighted by atomic mass is 9.99. The smallest absolute Gasteiger partial charge is 0.0964 e. The monoisotopic (exact) mass is 281 g/mol. The lowest BCUT2D eigenvalue weighted by Gasteiger charge is -2.33. The van der Waals surface area contributed by atoms with Gasteiger partial charge in [0.2, 0.25) is 0 Å². The maximum Gasteiger partial charge on any atom is 0.0964 e. The van der Waals surface area contributed by atoms with Gasteiger partial charge >= 0.3 is 0 Å². The third-order valence-corrected chi connectivity index (χ3v) is 4.52. The van der Waals surface area contributed by atoms with E-state index in [1.165, 1.54) is 22.4 Å². The van der Waals surface area contributed by atoms with E-state index in [1.807, 2.05) is 6.07 Å². The van der Waals surface area contributed by atoms with E-state index < -0.39 is 6.10 Å². The van der Waals surface area contributed by atoms with E-state index in [1.54, 1.807) is 0 Å². The van der Waals surface area contributed by atoms with E-state index in [4.69, 9.17) is 0 Å². The average Bonchev–Trinajstić information content (AvgIpc) is 2.50. The van der Waals surface area contributed by atoms with Crippen molar-refractivity contribution in [2.75, 3.05) is 18.0 Å². The maximum atomic E-state index is 10.6. The van der Waals surface area contributed by atoms with Gasteiger partial charge in [-0.3, -0.25) is 0 Å². The molecule has 2 heteroatoms. The van der Waals surface area contributed by atoms with E-state index in [2.05, 4.69) is 55.1 Å². The zero-order valence-electron chi connectivity index (χ0n) is 12.8. The van der Waals surface area contributed by atoms with Crippen LogP contribution in [-0.2, 0) is 6.42 Å². The standard InChI is InChI=1S/C19H23NO/c1-14-9-10-17(12-15(14)2)19(21)13-20-11-5-7-16-6-3-4-8-18(16)20/h3-4,6,8-10,12,19,21H,5,7,11,13H2,1-2H3. The SMILES string of the molecule is Cc1ccc(C(O)CN2CCCc3ccccc32)cc1C. The largest absolute Gasteiger partial charge is 0.387 e. The first-order valence-electron chi connectivity index (χ1n) is 7.73. The second-order valence-corrected chi connectivity index (χ2v) is 6.04. The van der Waals surface area contributed by atoms with Gasteiger partial charge in [-0.05, 0) is 55.0 Å². The van der Waals surface area contributed by atoms with Crippen LogP contribution in [-0.4, -0.2) is 18.2 Å². The molecule has 2 nitrogen and oxygen atoms in total. The van der Waals surface area contributed by atoms with Crippen molar-refractivity contribution in [3.8, 4) is 0 Å². The molecular formula is C19H23NO. The Labute approximate surface area is 127 Å². The van der Waals surface area contributed by atoms with Gasteiger partial charge in [0, 0.05) is 18.8 Å². The van der Waals surface area contributed by atoms with Gasteiger partial charge in [0.1, 0.15) is 0 Å². The van der Waals surface area contributed by atoms with E-state index in [9.17, 15) is 5.11 Å². The zero-order valence-corrected chi connectivity index (χ0v) is 12.8. The number of nitrogens with zero attached hydrogens (tertiary/aromatic N) is 1. The van der Waals surface area contributed by atoms with Crippen LogP contribution < -0.4 is 4.90 Å². The summed E-state index contributed by atoms with van der Waals surface area (Å²) < 4.78 is 0. The van der Waals surface area contributed by atoms with E-state index in [0.29, 0.717) is 6.54 Å². The Balaban J connectivity index is 1.79. The Morgan fingerprint density at radius 2 is 1.90 bits per heavy atom. The Morgan fingerprint density at radius 3 is 2.71 bits per heavy atom. The third kappa shape index (κ3) is 2.96. The van der Waals surface area contributed by atoms with Crippen molar-refractivity contribution in [3.05, 3.63) is 64.7 Å². The number of rotatable bonds is 3. The minimum atomic E-state index is -0.435. The second-order valence-electron chi connectivity index (χ2n) is 6.04. The van der Waals surface area contributed by atoms with Gasteiger partial charge in [-0.2, -0.15) is 0 Å². The first-order chi connectivity index (χ1) is 10.1. The van der Waals surface area contributed by atoms with Gasteiger partial charge in [0.15, 0.2) is 0 Å². The predicted octanol–water partition coefficient (Wildman–Crippen LogP) is 3.79. The highest BCUT2D eigenvalue weighted by molar-refractivity contribution is 5.55. The summed E-state index contributed by atoms with van der Waals surface area (Å²) in [5, 5.41) is 10.6. The molecule has 1 heterocycles. The molecule has 110 valence electrons. The molecule has 1 atom stereocenters. The molecule has 1 N–H and O–H groups in total. The minimum absolute atomic E-state index is 0.435. The van der Waals surface area contributed by atoms with Crippen molar-refractivity contribution >= 4 is 5.69 Å². The van der Waals surface area contributed by atoms with Crippen LogP contribution in [0.5, 0.6) is 0 Å². The highest BCUT2D eigenvalue weighted by Crippen LogP contribution is 2.28. The summed E-state index contributed by atoms with van der Waals surface area (Å²) in [6.07, 6.45) is 1.87. The summed E-state index contributed by atoms with van der Waals surface area (Å²) in [4.78, 5) is 2.32. The van der Waals surface area contributed by atoms with Crippen LogP contribution in [0.1, 0.15) is 34.8 Å². The fraction of sp³-hybridized carbons (Fsp3) is 0.368. The highest BCUT2D eigenvalue weighted by Gasteiger charge is 2.19. The number of para-hydroxylation sites is 1. The summed E-state index contributed by atoms with van der Waals surface area (Å²) in [6, 6.07) is 14.8. The number of fused-ring (bicyclic) bond motifs is 1. The molecule has 1 aliphatic rings. The first-order valence-corrected chi connectivity index (χ1v) is 7.73. The quantitative estimate of drug-likeness (QED) is 0.925. The van der Waals surface area contributed by atoms with Gasteiger partial charge in [0.25, 0.3) is 0 Å². The average molecular weight is 281 g/mol. The number of hydrogen-bond acceptors (Lipinski definition) is 2. The van der Waals surface area contributed by atoms with Crippen LogP contribution in [0.2, 0.25) is 0 Å². The molecule has 0 amide bonds. The molecule has 0 saturated heterocycles. The van der Waals surface area contributed by atoms with Gasteiger partial charge in [-0.1, -0.05) is 36.4 Å². The van der Waals surface area contributed by atoms with Crippen LogP contribution in [0, 0.1) is 13.8 Å². The zero-order chi connectivity index (χ0) is 14.8. The van der Waals surface area contributed by atoms with Crippen molar-refractivity contribution in [2.45, 2.75) is 32.8 Å². The van der Waals surface area contributed by atoms with Crippen LogP contribution in [0.4, 0.5) is 5.69 Å². The highest BCUT2D eigenvalue weighted by atomic mass is 16.3. The minimum Gasteiger partial charge on any atom is -0.387 e. The summed E-state index contributed by atoms with van der Waals surface area (Å²) >= 11 is 0. The molecule has 1 aliphatic heterocycles. The molecular weight excluding hydrogens is 258 g/mol. The fourth-order valence-electron chi connectivity index (χ4n) is 3.09. The number of β-amino-alcohol motifs (C(OH)–C–C–N with tert-alkyl or cyclic N) is 1. The Morgan fingerprint density at radius 1 is 1.10 bits per heavy atom. The molecule has 0 radical (unpaired) electrons. The van der Waals surface area contributed by atoms with Gasteiger partial charge < -0.3 is 10.0 Å². The third-order valence-electron chi connectivity index (χ3n) is 4.52. The summed E-state index contributed by atoms with van der Waals surface area (Å²) in [5.41, 5.74) is 6.21. The van der Waals surface area contributed by atoms with Gasteiger partial charge in [0.05, 0.1) is 6.10 Å². The van der Waals surface area contributed by atoms with Crippen LogP contribution in [0.25, 0.3) is 0 Å². The van der Waals surface area contributed by atoms with Crippen molar-refractivity contribution in [2.24, 2.45) is 0 Å². The molecule has 2 aromatic carbocycles. The number of aliphatic hydroxyl groups excluding tert-OH is 1. The Bertz CT molecular complexity index is 635. The fourth-order valence-corrected chi connectivity index (χ4v) is 3.09. The van der Waals surface area contributed by atoms with E-state index >= 15 is 0 Å². The summed E-state index contributed by atoms with van der Waals surface area (Å²) in [5.74, 6) is 0. The molecule has 3 rings (SSSR count). The molecule has 0 fully saturated rings. The van der Waals surface area contributed by atoms with Crippen molar-refractivity contribution in [1.29, 1.82) is 0 Å². The van der Waals surface area contributed by atoms with Gasteiger partial charge in [-0.25, -0.2) is 0 Å². The van der Waals surface area contributed by atoms with Crippen molar-refractivity contribution in [1.82, 2.24) is 0 Å². The maximum absolute atomic E-state index is 10.6. The van der Waals surface area contributed by atoms with Crippen LogP contribution in [0.3, 0.4) is 0 Å². The molecule has 2 aromatic rings. The lowest BCUT2D eigenvalue weighted by molar-refractivity contribution is 0.182. The molecule has 1 unspecified atom stereocenters. The number of benzene rings is 2. The van der Waals surface area contributed by atoms with Crippen LogP contribution >= 0.6 is 0 Å². The predicted molar refractivity (Wildman–Crippen MR) is 87.9 cm³/mol. The first kappa shape index (κ1) is 14.2. The number of anilines is 1. The molecule has 0 saturated carbocycles. The van der Waals surface area contributed by atoms with Crippen molar-refractivity contribution < 1.29 is 5.11 Å². The summed E-state index contributed by atoms with van der Waals surface area (Å²) in [7, 11) is 0. The molecule has 0 bridgehead atoms. The van der Waals surface area contributed by atoms with Crippen LogP contribution in [0.15, 0.2) is 42.5 Å². The topological polar surface area (TPSA) is 23.5 Å².